The number of halogens is 2. The Labute approximate surface area is 174 Å². The smallest absolute Gasteiger partial charge is 0.165 e. The predicted octanol–water partition coefficient (Wildman–Crippen LogP) is 5.58. The standard InChI is InChI=1S/C22H27F2NO3S/c1-6-13(8-12(3)4)21(27)15(11-26)20-19(7-2)29-22(25-20)14-9-17(24)18(28-5)10-16(14)23/h9-13,15H,6-8H2,1-5H3/t13-,15?/m1/s1. The molecule has 0 amide bonds. The lowest BCUT2D eigenvalue weighted by Gasteiger charge is -2.19. The van der Waals surface area contributed by atoms with Gasteiger partial charge in [-0.1, -0.05) is 27.7 Å². The molecule has 0 N–H and O–H groups in total. The summed E-state index contributed by atoms with van der Waals surface area (Å²) in [7, 11) is 1.26. The SMILES string of the molecule is CCc1sc(-c2cc(F)c(OC)cc2F)nc1C(C=O)C(=O)[C@H](CC)CC(C)C. The van der Waals surface area contributed by atoms with E-state index in [2.05, 4.69) is 4.98 Å². The summed E-state index contributed by atoms with van der Waals surface area (Å²) in [6.07, 6.45) is 2.48. The van der Waals surface area contributed by atoms with E-state index in [1.807, 2.05) is 27.7 Å². The second-order valence-corrected chi connectivity index (χ2v) is 8.48. The van der Waals surface area contributed by atoms with Gasteiger partial charge in [-0.25, -0.2) is 13.8 Å². The summed E-state index contributed by atoms with van der Waals surface area (Å²) in [6, 6.07) is 2.00. The number of aldehydes is 1. The van der Waals surface area contributed by atoms with Crippen molar-refractivity contribution in [2.24, 2.45) is 11.8 Å². The highest BCUT2D eigenvalue weighted by Crippen LogP contribution is 2.36. The number of aromatic nitrogens is 1. The first-order chi connectivity index (χ1) is 13.8. The van der Waals surface area contributed by atoms with Crippen molar-refractivity contribution >= 4 is 23.4 Å². The molecule has 4 nitrogen and oxygen atoms in total. The average molecular weight is 424 g/mol. The third-order valence-electron chi connectivity index (χ3n) is 4.91. The Balaban J connectivity index is 2.49. The average Bonchev–Trinajstić information content (AvgIpc) is 3.11. The summed E-state index contributed by atoms with van der Waals surface area (Å²) in [5.74, 6) is -2.65. The van der Waals surface area contributed by atoms with E-state index < -0.39 is 17.6 Å². The molecule has 0 fully saturated rings. The van der Waals surface area contributed by atoms with Gasteiger partial charge < -0.3 is 9.53 Å². The molecular formula is C22H27F2NO3S. The van der Waals surface area contributed by atoms with Crippen LogP contribution in [-0.4, -0.2) is 24.2 Å². The third-order valence-corrected chi connectivity index (χ3v) is 6.16. The summed E-state index contributed by atoms with van der Waals surface area (Å²) < 4.78 is 33.4. The molecule has 2 aromatic rings. The molecule has 0 saturated heterocycles. The number of ketones is 1. The molecule has 1 heterocycles. The molecule has 2 rings (SSSR count). The Morgan fingerprint density at radius 1 is 1.24 bits per heavy atom. The highest BCUT2D eigenvalue weighted by Gasteiger charge is 2.31. The number of Topliss-reactive ketones (excluding diaryl/α,β-unsaturated/α-hetero) is 1. The van der Waals surface area contributed by atoms with Crippen molar-refractivity contribution in [1.82, 2.24) is 4.98 Å². The molecule has 1 unspecified atom stereocenters. The second kappa shape index (κ2) is 10.1. The second-order valence-electron chi connectivity index (χ2n) is 7.40. The maximum Gasteiger partial charge on any atom is 0.165 e. The van der Waals surface area contributed by atoms with E-state index in [1.54, 1.807) is 0 Å². The minimum atomic E-state index is -0.996. The zero-order valence-electron chi connectivity index (χ0n) is 17.4. The van der Waals surface area contributed by atoms with Crippen molar-refractivity contribution in [3.63, 3.8) is 0 Å². The Bertz CT molecular complexity index is 879. The topological polar surface area (TPSA) is 56.3 Å². The molecule has 0 saturated carbocycles. The van der Waals surface area contributed by atoms with Crippen molar-refractivity contribution in [3.05, 3.63) is 34.3 Å². The lowest BCUT2D eigenvalue weighted by Crippen LogP contribution is -2.25. The normalized spacial score (nSPS) is 13.4. The number of hydrogen-bond donors (Lipinski definition) is 0. The van der Waals surface area contributed by atoms with Crippen molar-refractivity contribution in [2.45, 2.75) is 52.9 Å². The van der Waals surface area contributed by atoms with Gasteiger partial charge in [0.1, 0.15) is 23.0 Å². The largest absolute Gasteiger partial charge is 0.494 e. The molecule has 0 spiro atoms. The summed E-state index contributed by atoms with van der Waals surface area (Å²) in [5, 5.41) is 0.243. The number of carbonyl (C=O) groups excluding carboxylic acids is 2. The quantitative estimate of drug-likeness (QED) is 0.370. The van der Waals surface area contributed by atoms with E-state index in [-0.39, 0.29) is 28.0 Å². The number of hydrogen-bond acceptors (Lipinski definition) is 5. The molecular weight excluding hydrogens is 396 g/mol. The molecule has 0 radical (unpaired) electrons. The van der Waals surface area contributed by atoms with Crippen LogP contribution < -0.4 is 4.74 Å². The Morgan fingerprint density at radius 2 is 1.93 bits per heavy atom. The molecule has 0 aliphatic rings. The van der Waals surface area contributed by atoms with E-state index in [4.69, 9.17) is 4.74 Å². The van der Waals surface area contributed by atoms with Crippen LogP contribution in [0.15, 0.2) is 12.1 Å². The van der Waals surface area contributed by atoms with Gasteiger partial charge in [-0.3, -0.25) is 4.79 Å². The van der Waals surface area contributed by atoms with Crippen LogP contribution in [0, 0.1) is 23.5 Å². The van der Waals surface area contributed by atoms with Gasteiger partial charge in [-0.2, -0.15) is 0 Å². The Morgan fingerprint density at radius 3 is 2.45 bits per heavy atom. The van der Waals surface area contributed by atoms with Crippen LogP contribution in [0.2, 0.25) is 0 Å². The van der Waals surface area contributed by atoms with Gasteiger partial charge in [0.2, 0.25) is 0 Å². The molecule has 158 valence electrons. The zero-order valence-corrected chi connectivity index (χ0v) is 18.2. The minimum absolute atomic E-state index is 0.0134. The first-order valence-electron chi connectivity index (χ1n) is 9.79. The van der Waals surface area contributed by atoms with Crippen LogP contribution in [0.25, 0.3) is 10.6 Å². The van der Waals surface area contributed by atoms with Crippen molar-refractivity contribution in [2.75, 3.05) is 7.11 Å². The summed E-state index contributed by atoms with van der Waals surface area (Å²) >= 11 is 1.17. The lowest BCUT2D eigenvalue weighted by atomic mass is 9.84. The van der Waals surface area contributed by atoms with E-state index in [1.165, 1.54) is 18.4 Å². The highest BCUT2D eigenvalue weighted by molar-refractivity contribution is 7.15. The van der Waals surface area contributed by atoms with Crippen molar-refractivity contribution < 1.29 is 23.1 Å². The van der Waals surface area contributed by atoms with Gasteiger partial charge in [0.25, 0.3) is 0 Å². The molecule has 1 aromatic carbocycles. The number of methoxy groups -OCH3 is 1. The van der Waals surface area contributed by atoms with E-state index in [0.717, 1.165) is 17.0 Å². The van der Waals surface area contributed by atoms with Crippen LogP contribution in [-0.2, 0) is 16.0 Å². The molecule has 29 heavy (non-hydrogen) atoms. The number of aryl methyl sites for hydroxylation is 1. The maximum absolute atomic E-state index is 14.5. The third kappa shape index (κ3) is 5.07. The molecule has 2 atom stereocenters. The predicted molar refractivity (Wildman–Crippen MR) is 110 cm³/mol. The van der Waals surface area contributed by atoms with Crippen molar-refractivity contribution in [1.29, 1.82) is 0 Å². The summed E-state index contributed by atoms with van der Waals surface area (Å²) in [5.41, 5.74) is 0.339. The number of ether oxygens (including phenoxy) is 1. The van der Waals surface area contributed by atoms with Crippen LogP contribution in [0.5, 0.6) is 5.75 Å². The first kappa shape index (κ1) is 23.1. The van der Waals surface area contributed by atoms with Gasteiger partial charge in [-0.05, 0) is 31.2 Å². The zero-order chi connectivity index (χ0) is 21.7. The summed E-state index contributed by atoms with van der Waals surface area (Å²) in [4.78, 5) is 30.0. The number of carbonyl (C=O) groups is 2. The van der Waals surface area contributed by atoms with Gasteiger partial charge in [0.05, 0.1) is 12.8 Å². The molecule has 1 aromatic heterocycles. The number of rotatable bonds is 10. The van der Waals surface area contributed by atoms with Crippen molar-refractivity contribution in [3.8, 4) is 16.3 Å². The number of benzene rings is 1. The van der Waals surface area contributed by atoms with Gasteiger partial charge in [-0.15, -0.1) is 11.3 Å². The maximum atomic E-state index is 14.5. The van der Waals surface area contributed by atoms with Gasteiger partial charge >= 0.3 is 0 Å². The van der Waals surface area contributed by atoms with Gasteiger partial charge in [0.15, 0.2) is 17.3 Å². The minimum Gasteiger partial charge on any atom is -0.494 e. The Hall–Kier alpha value is -2.15. The monoisotopic (exact) mass is 423 g/mol. The fourth-order valence-electron chi connectivity index (χ4n) is 3.40. The van der Waals surface area contributed by atoms with E-state index >= 15 is 0 Å². The molecule has 0 aliphatic heterocycles. The molecule has 0 aliphatic carbocycles. The van der Waals surface area contributed by atoms with Gasteiger partial charge in [0, 0.05) is 22.4 Å². The first-order valence-corrected chi connectivity index (χ1v) is 10.6. The lowest BCUT2D eigenvalue weighted by molar-refractivity contribution is -0.128. The Kier molecular flexibility index (Phi) is 8.02. The van der Waals surface area contributed by atoms with E-state index in [9.17, 15) is 18.4 Å². The molecule has 0 bridgehead atoms. The summed E-state index contributed by atoms with van der Waals surface area (Å²) in [6.45, 7) is 7.87. The number of thiazole rings is 1. The van der Waals surface area contributed by atoms with E-state index in [0.29, 0.717) is 37.2 Å². The van der Waals surface area contributed by atoms with Crippen LogP contribution >= 0.6 is 11.3 Å². The van der Waals surface area contributed by atoms with Crippen LogP contribution in [0.4, 0.5) is 8.78 Å². The fraction of sp³-hybridized carbons (Fsp3) is 0.500. The highest BCUT2D eigenvalue weighted by atomic mass is 32.1. The van der Waals surface area contributed by atoms with Crippen LogP contribution in [0.1, 0.15) is 57.0 Å². The molecule has 7 heteroatoms. The van der Waals surface area contributed by atoms with Crippen LogP contribution in [0.3, 0.4) is 0 Å². The number of nitrogens with zero attached hydrogens (tertiary/aromatic N) is 1. The fourth-order valence-corrected chi connectivity index (χ4v) is 4.46.